The third-order valence-corrected chi connectivity index (χ3v) is 4.38. The molecule has 0 aliphatic rings. The maximum atomic E-state index is 12.1. The van der Waals surface area contributed by atoms with Crippen LogP contribution in [0.15, 0.2) is 40.4 Å². The zero-order valence-electron chi connectivity index (χ0n) is 10.6. The summed E-state index contributed by atoms with van der Waals surface area (Å²) in [4.78, 5) is 4.44. The molecule has 0 heterocycles. The monoisotopic (exact) mass is 269 g/mol. The smallest absolute Gasteiger partial charge is 0.111 e. The molecular formula is C13H17ClNOP. The third-order valence-electron chi connectivity index (χ3n) is 2.35. The number of benzene rings is 1. The first kappa shape index (κ1) is 14.2. The standard InChI is InChI=1S/C13H17ClNOP/c1-5-11(14)10(2)15-12-8-6-7-9-13(12)17(3,4)16/h5-9H,1-4H3/b11-5+,15-10?. The Morgan fingerprint density at radius 1 is 1.35 bits per heavy atom. The van der Waals surface area contributed by atoms with Crippen LogP contribution in [0.4, 0.5) is 5.69 Å². The predicted molar refractivity (Wildman–Crippen MR) is 77.9 cm³/mol. The molecule has 0 spiro atoms. The first-order valence-electron chi connectivity index (χ1n) is 5.38. The van der Waals surface area contributed by atoms with Crippen LogP contribution in [-0.2, 0) is 4.57 Å². The number of allylic oxidation sites excluding steroid dienone is 2. The van der Waals surface area contributed by atoms with E-state index < -0.39 is 7.14 Å². The Morgan fingerprint density at radius 2 is 1.94 bits per heavy atom. The zero-order chi connectivity index (χ0) is 13.1. The Labute approximate surface area is 108 Å². The molecule has 2 nitrogen and oxygen atoms in total. The lowest BCUT2D eigenvalue weighted by Crippen LogP contribution is -2.04. The molecule has 0 bridgehead atoms. The average molecular weight is 270 g/mol. The fourth-order valence-electron chi connectivity index (χ4n) is 1.46. The highest BCUT2D eigenvalue weighted by molar-refractivity contribution is 7.70. The summed E-state index contributed by atoms with van der Waals surface area (Å²) in [6.07, 6.45) is 1.79. The van der Waals surface area contributed by atoms with Crippen LogP contribution >= 0.6 is 18.7 Å². The molecule has 1 aromatic carbocycles. The van der Waals surface area contributed by atoms with E-state index in [4.69, 9.17) is 11.6 Å². The Hall–Kier alpha value is -0.850. The van der Waals surface area contributed by atoms with E-state index in [1.165, 1.54) is 0 Å². The molecule has 0 saturated heterocycles. The van der Waals surface area contributed by atoms with Crippen molar-refractivity contribution in [2.75, 3.05) is 13.3 Å². The highest BCUT2D eigenvalue weighted by Gasteiger charge is 2.15. The molecule has 4 heteroatoms. The number of hydrogen-bond acceptors (Lipinski definition) is 2. The van der Waals surface area contributed by atoms with Gasteiger partial charge in [-0.1, -0.05) is 29.8 Å². The highest BCUT2D eigenvalue weighted by atomic mass is 35.5. The van der Waals surface area contributed by atoms with Gasteiger partial charge in [-0.05, 0) is 39.3 Å². The minimum Gasteiger partial charge on any atom is -0.319 e. The van der Waals surface area contributed by atoms with Crippen molar-refractivity contribution in [2.24, 2.45) is 4.99 Å². The van der Waals surface area contributed by atoms with Crippen LogP contribution in [-0.4, -0.2) is 19.0 Å². The van der Waals surface area contributed by atoms with Crippen LogP contribution in [0.2, 0.25) is 0 Å². The molecule has 1 aromatic rings. The first-order valence-corrected chi connectivity index (χ1v) is 8.36. The summed E-state index contributed by atoms with van der Waals surface area (Å²) < 4.78 is 12.1. The molecule has 0 N–H and O–H groups in total. The van der Waals surface area contributed by atoms with Crippen molar-refractivity contribution in [3.05, 3.63) is 35.4 Å². The van der Waals surface area contributed by atoms with Crippen LogP contribution in [0, 0.1) is 0 Å². The van der Waals surface area contributed by atoms with Crippen molar-refractivity contribution in [1.82, 2.24) is 0 Å². The van der Waals surface area contributed by atoms with Crippen molar-refractivity contribution in [1.29, 1.82) is 0 Å². The molecule has 0 aliphatic heterocycles. The molecule has 17 heavy (non-hydrogen) atoms. The van der Waals surface area contributed by atoms with E-state index in [0.717, 1.165) is 16.7 Å². The summed E-state index contributed by atoms with van der Waals surface area (Å²) in [5, 5.41) is 1.40. The maximum Gasteiger partial charge on any atom is 0.111 e. The van der Waals surface area contributed by atoms with Gasteiger partial charge < -0.3 is 4.57 Å². The molecule has 1 rings (SSSR count). The van der Waals surface area contributed by atoms with Gasteiger partial charge in [0.25, 0.3) is 0 Å². The number of nitrogens with zero attached hydrogens (tertiary/aromatic N) is 1. The third kappa shape index (κ3) is 3.83. The summed E-state index contributed by atoms with van der Waals surface area (Å²) in [5.41, 5.74) is 1.47. The SMILES string of the molecule is C/C=C(/Cl)C(C)=Nc1ccccc1P(C)(C)=O. The van der Waals surface area contributed by atoms with Gasteiger partial charge in [-0.2, -0.15) is 0 Å². The van der Waals surface area contributed by atoms with Gasteiger partial charge in [0.05, 0.1) is 16.4 Å². The van der Waals surface area contributed by atoms with Crippen LogP contribution < -0.4 is 5.30 Å². The normalized spacial score (nSPS) is 13.9. The first-order chi connectivity index (χ1) is 7.86. The minimum atomic E-state index is -2.32. The van der Waals surface area contributed by atoms with E-state index in [1.807, 2.05) is 38.1 Å². The summed E-state index contributed by atoms with van der Waals surface area (Å²) in [5.74, 6) is 0. The molecule has 0 aliphatic carbocycles. The lowest BCUT2D eigenvalue weighted by atomic mass is 10.3. The predicted octanol–water partition coefficient (Wildman–Crippen LogP) is 4.17. The van der Waals surface area contributed by atoms with Gasteiger partial charge in [-0.3, -0.25) is 4.99 Å². The molecule has 0 saturated carbocycles. The van der Waals surface area contributed by atoms with E-state index in [9.17, 15) is 4.57 Å². The van der Waals surface area contributed by atoms with Gasteiger partial charge >= 0.3 is 0 Å². The maximum absolute atomic E-state index is 12.1. The molecule has 0 radical (unpaired) electrons. The quantitative estimate of drug-likeness (QED) is 0.598. The summed E-state index contributed by atoms with van der Waals surface area (Å²) >= 11 is 5.99. The van der Waals surface area contributed by atoms with Crippen LogP contribution in [0.3, 0.4) is 0 Å². The lowest BCUT2D eigenvalue weighted by Gasteiger charge is -2.10. The van der Waals surface area contributed by atoms with Crippen molar-refractivity contribution in [3.63, 3.8) is 0 Å². The Bertz CT molecular complexity index is 514. The van der Waals surface area contributed by atoms with Gasteiger partial charge in [0.15, 0.2) is 0 Å². The van der Waals surface area contributed by atoms with Crippen molar-refractivity contribution >= 4 is 35.4 Å². The Morgan fingerprint density at radius 3 is 2.47 bits per heavy atom. The largest absolute Gasteiger partial charge is 0.319 e. The number of hydrogen-bond donors (Lipinski definition) is 0. The van der Waals surface area contributed by atoms with Crippen LogP contribution in [0.5, 0.6) is 0 Å². The second kappa shape index (κ2) is 5.66. The van der Waals surface area contributed by atoms with Crippen LogP contribution in [0.1, 0.15) is 13.8 Å². The van der Waals surface area contributed by atoms with E-state index in [2.05, 4.69) is 4.99 Å². The Balaban J connectivity index is 3.30. The molecule has 0 fully saturated rings. The number of aliphatic imine (C=N–C) groups is 1. The van der Waals surface area contributed by atoms with Crippen molar-refractivity contribution < 1.29 is 4.57 Å². The second-order valence-corrected chi connectivity index (χ2v) is 7.76. The zero-order valence-corrected chi connectivity index (χ0v) is 12.2. The Kier molecular flexibility index (Phi) is 4.73. The summed E-state index contributed by atoms with van der Waals surface area (Å²) in [6.45, 7) is 7.19. The van der Waals surface area contributed by atoms with E-state index in [-0.39, 0.29) is 0 Å². The van der Waals surface area contributed by atoms with Gasteiger partial charge in [0.1, 0.15) is 7.14 Å². The molecule has 0 unspecified atom stereocenters. The van der Waals surface area contributed by atoms with E-state index in [0.29, 0.717) is 5.03 Å². The van der Waals surface area contributed by atoms with E-state index in [1.54, 1.807) is 19.4 Å². The van der Waals surface area contributed by atoms with E-state index >= 15 is 0 Å². The van der Waals surface area contributed by atoms with Crippen molar-refractivity contribution in [2.45, 2.75) is 13.8 Å². The van der Waals surface area contributed by atoms with Crippen LogP contribution in [0.25, 0.3) is 0 Å². The molecule has 0 amide bonds. The molecule has 0 aromatic heterocycles. The average Bonchev–Trinajstić information content (AvgIpc) is 2.27. The van der Waals surface area contributed by atoms with Gasteiger partial charge in [0.2, 0.25) is 0 Å². The van der Waals surface area contributed by atoms with Gasteiger partial charge in [-0.25, -0.2) is 0 Å². The summed E-state index contributed by atoms with van der Waals surface area (Å²) in [7, 11) is -2.32. The molecular weight excluding hydrogens is 253 g/mol. The lowest BCUT2D eigenvalue weighted by molar-refractivity contribution is 0.588. The molecule has 92 valence electrons. The number of para-hydroxylation sites is 1. The van der Waals surface area contributed by atoms with Gasteiger partial charge in [0, 0.05) is 5.30 Å². The minimum absolute atomic E-state index is 0.613. The fourth-order valence-corrected chi connectivity index (χ4v) is 2.62. The van der Waals surface area contributed by atoms with Gasteiger partial charge in [-0.15, -0.1) is 0 Å². The van der Waals surface area contributed by atoms with Crippen molar-refractivity contribution in [3.8, 4) is 0 Å². The highest BCUT2D eigenvalue weighted by Crippen LogP contribution is 2.38. The number of halogens is 1. The topological polar surface area (TPSA) is 29.4 Å². The summed E-state index contributed by atoms with van der Waals surface area (Å²) in [6, 6.07) is 7.48. The number of rotatable bonds is 3. The fraction of sp³-hybridized carbons (Fsp3) is 0.308. The molecule has 0 atom stereocenters. The second-order valence-electron chi connectivity index (χ2n) is 4.17.